The number of hydrogen-bond acceptors (Lipinski definition) is 4. The van der Waals surface area contributed by atoms with Gasteiger partial charge in [-0.3, -0.25) is 4.68 Å². The minimum atomic E-state index is -0.848. The van der Waals surface area contributed by atoms with Gasteiger partial charge < -0.3 is 14.6 Å². The first-order valence-electron chi connectivity index (χ1n) is 6.10. The fourth-order valence-electron chi connectivity index (χ4n) is 2.20. The van der Waals surface area contributed by atoms with Crippen LogP contribution < -0.4 is 9.47 Å². The van der Waals surface area contributed by atoms with Crippen LogP contribution in [0.5, 0.6) is 11.5 Å². The number of aliphatic hydroxyl groups excluding tert-OH is 1. The van der Waals surface area contributed by atoms with Gasteiger partial charge in [0.15, 0.2) is 11.5 Å². The topological polar surface area (TPSA) is 56.5 Å². The van der Waals surface area contributed by atoms with Gasteiger partial charge in [-0.15, -0.1) is 0 Å². The molecule has 0 saturated carbocycles. The molecule has 1 aromatic carbocycles. The van der Waals surface area contributed by atoms with Gasteiger partial charge in [0.05, 0.1) is 21.4 Å². The van der Waals surface area contributed by atoms with E-state index < -0.39 is 6.10 Å². The number of benzene rings is 1. The Morgan fingerprint density at radius 3 is 3.05 bits per heavy atom. The van der Waals surface area contributed by atoms with E-state index in [0.717, 1.165) is 4.47 Å². The minimum absolute atomic E-state index is 0.144. The highest BCUT2D eigenvalue weighted by atomic mass is 79.9. The first kappa shape index (κ1) is 13.7. The van der Waals surface area contributed by atoms with Gasteiger partial charge in [-0.05, 0) is 40.5 Å². The predicted octanol–water partition coefficient (Wildman–Crippen LogP) is 3.13. The zero-order valence-corrected chi connectivity index (χ0v) is 13.0. The molecule has 0 saturated heterocycles. The lowest BCUT2D eigenvalue weighted by atomic mass is 10.1. The SMILES string of the molecule is CCn1ncc(Br)c1C(O)c1cc(Cl)c2c(c1)OCO2. The van der Waals surface area contributed by atoms with Crippen LogP contribution in [0.1, 0.15) is 24.3 Å². The smallest absolute Gasteiger partial charge is 0.231 e. The molecule has 1 atom stereocenters. The van der Waals surface area contributed by atoms with Gasteiger partial charge in [0.2, 0.25) is 6.79 Å². The summed E-state index contributed by atoms with van der Waals surface area (Å²) < 4.78 is 13.1. The van der Waals surface area contributed by atoms with E-state index in [1.165, 1.54) is 0 Å². The van der Waals surface area contributed by atoms with Gasteiger partial charge in [-0.1, -0.05) is 11.6 Å². The second-order valence-corrected chi connectivity index (χ2v) is 5.59. The Kier molecular flexibility index (Phi) is 3.62. The molecular formula is C13H12BrClN2O3. The number of hydrogen-bond donors (Lipinski definition) is 1. The van der Waals surface area contributed by atoms with E-state index in [1.807, 2.05) is 6.92 Å². The van der Waals surface area contributed by atoms with Crippen LogP contribution in [-0.2, 0) is 6.54 Å². The average Bonchev–Trinajstić information content (AvgIpc) is 3.04. The summed E-state index contributed by atoms with van der Waals surface area (Å²) in [7, 11) is 0. The summed E-state index contributed by atoms with van der Waals surface area (Å²) >= 11 is 9.55. The lowest BCUT2D eigenvalue weighted by molar-refractivity contribution is 0.173. The molecule has 1 N–H and O–H groups in total. The molecule has 2 aromatic rings. The zero-order valence-electron chi connectivity index (χ0n) is 10.6. The molecule has 1 aromatic heterocycles. The van der Waals surface area contributed by atoms with Crippen molar-refractivity contribution < 1.29 is 14.6 Å². The van der Waals surface area contributed by atoms with E-state index in [0.29, 0.717) is 34.3 Å². The molecule has 0 amide bonds. The van der Waals surface area contributed by atoms with Crippen LogP contribution in [0.3, 0.4) is 0 Å². The van der Waals surface area contributed by atoms with Gasteiger partial charge in [0.25, 0.3) is 0 Å². The Bertz CT molecular complexity index is 659. The Balaban J connectivity index is 2.05. The van der Waals surface area contributed by atoms with Crippen molar-refractivity contribution >= 4 is 27.5 Å². The molecule has 0 fully saturated rings. The largest absolute Gasteiger partial charge is 0.454 e. The molecule has 3 rings (SSSR count). The monoisotopic (exact) mass is 358 g/mol. The summed E-state index contributed by atoms with van der Waals surface area (Å²) in [5.41, 5.74) is 1.32. The Morgan fingerprint density at radius 2 is 2.30 bits per heavy atom. The number of fused-ring (bicyclic) bond motifs is 1. The van der Waals surface area contributed by atoms with Crippen molar-refractivity contribution in [3.63, 3.8) is 0 Å². The van der Waals surface area contributed by atoms with Gasteiger partial charge in [0, 0.05) is 6.54 Å². The van der Waals surface area contributed by atoms with E-state index >= 15 is 0 Å². The van der Waals surface area contributed by atoms with Gasteiger partial charge in [-0.2, -0.15) is 5.10 Å². The summed E-state index contributed by atoms with van der Waals surface area (Å²) in [6.45, 7) is 2.77. The van der Waals surface area contributed by atoms with Crippen LogP contribution in [0, 0.1) is 0 Å². The maximum Gasteiger partial charge on any atom is 0.231 e. The lowest BCUT2D eigenvalue weighted by Crippen LogP contribution is -2.09. The third kappa shape index (κ3) is 2.17. The quantitative estimate of drug-likeness (QED) is 0.915. The first-order chi connectivity index (χ1) is 9.61. The maximum atomic E-state index is 10.6. The van der Waals surface area contributed by atoms with Gasteiger partial charge in [0.1, 0.15) is 6.10 Å². The van der Waals surface area contributed by atoms with Crippen LogP contribution in [0.25, 0.3) is 0 Å². The Labute approximate surface area is 129 Å². The highest BCUT2D eigenvalue weighted by Gasteiger charge is 2.24. The predicted molar refractivity (Wildman–Crippen MR) is 77.2 cm³/mol. The number of halogens is 2. The van der Waals surface area contributed by atoms with E-state index in [9.17, 15) is 5.11 Å². The van der Waals surface area contributed by atoms with Crippen molar-refractivity contribution in [2.45, 2.75) is 19.6 Å². The molecule has 0 bridgehead atoms. The van der Waals surface area contributed by atoms with Crippen molar-refractivity contribution in [1.82, 2.24) is 9.78 Å². The molecule has 2 heterocycles. The first-order valence-corrected chi connectivity index (χ1v) is 7.27. The Hall–Kier alpha value is -1.24. The summed E-state index contributed by atoms with van der Waals surface area (Å²) in [5, 5.41) is 15.2. The number of aliphatic hydroxyl groups is 1. The maximum absolute atomic E-state index is 10.6. The van der Waals surface area contributed by atoms with Crippen LogP contribution in [0.15, 0.2) is 22.8 Å². The zero-order chi connectivity index (χ0) is 14.3. The second kappa shape index (κ2) is 5.27. The van der Waals surface area contributed by atoms with Gasteiger partial charge in [-0.25, -0.2) is 0 Å². The summed E-state index contributed by atoms with van der Waals surface area (Å²) in [6.07, 6.45) is 0.815. The third-order valence-electron chi connectivity index (χ3n) is 3.16. The lowest BCUT2D eigenvalue weighted by Gasteiger charge is -2.14. The molecule has 1 aliphatic rings. The summed E-state index contributed by atoms with van der Waals surface area (Å²) in [4.78, 5) is 0. The molecule has 0 spiro atoms. The fraction of sp³-hybridized carbons (Fsp3) is 0.308. The minimum Gasteiger partial charge on any atom is -0.454 e. The number of ether oxygens (including phenoxy) is 2. The molecule has 5 nitrogen and oxygen atoms in total. The highest BCUT2D eigenvalue weighted by molar-refractivity contribution is 9.10. The second-order valence-electron chi connectivity index (χ2n) is 4.33. The van der Waals surface area contributed by atoms with Crippen molar-refractivity contribution in [3.05, 3.63) is 39.1 Å². The normalized spacial score (nSPS) is 14.6. The standard InChI is InChI=1S/C13H12BrClN2O3/c1-2-17-11(8(14)5-16-17)12(18)7-3-9(15)13-10(4-7)19-6-20-13/h3-5,12,18H,2,6H2,1H3. The van der Waals surface area contributed by atoms with E-state index in [4.69, 9.17) is 21.1 Å². The van der Waals surface area contributed by atoms with Crippen molar-refractivity contribution in [2.75, 3.05) is 6.79 Å². The molecule has 0 aliphatic carbocycles. The van der Waals surface area contributed by atoms with E-state index in [1.54, 1.807) is 23.0 Å². The molecular weight excluding hydrogens is 348 g/mol. The summed E-state index contributed by atoms with van der Waals surface area (Å²) in [6, 6.07) is 3.41. The van der Waals surface area contributed by atoms with Crippen molar-refractivity contribution in [2.24, 2.45) is 0 Å². The number of aromatic nitrogens is 2. The number of nitrogens with zero attached hydrogens (tertiary/aromatic N) is 2. The Morgan fingerprint density at radius 1 is 1.50 bits per heavy atom. The van der Waals surface area contributed by atoms with Crippen LogP contribution in [0.2, 0.25) is 5.02 Å². The van der Waals surface area contributed by atoms with Crippen LogP contribution >= 0.6 is 27.5 Å². The molecule has 1 unspecified atom stereocenters. The van der Waals surface area contributed by atoms with Crippen molar-refractivity contribution in [1.29, 1.82) is 0 Å². The van der Waals surface area contributed by atoms with E-state index in [2.05, 4.69) is 21.0 Å². The van der Waals surface area contributed by atoms with Crippen LogP contribution in [-0.4, -0.2) is 21.7 Å². The van der Waals surface area contributed by atoms with Crippen LogP contribution in [0.4, 0.5) is 0 Å². The molecule has 1 aliphatic heterocycles. The third-order valence-corrected chi connectivity index (χ3v) is 4.05. The number of rotatable bonds is 3. The molecule has 7 heteroatoms. The fourth-order valence-corrected chi connectivity index (χ4v) is 2.99. The molecule has 20 heavy (non-hydrogen) atoms. The highest BCUT2D eigenvalue weighted by Crippen LogP contribution is 2.42. The number of aryl methyl sites for hydroxylation is 1. The molecule has 106 valence electrons. The van der Waals surface area contributed by atoms with E-state index in [-0.39, 0.29) is 6.79 Å². The van der Waals surface area contributed by atoms with Gasteiger partial charge >= 0.3 is 0 Å². The van der Waals surface area contributed by atoms with Crippen molar-refractivity contribution in [3.8, 4) is 11.5 Å². The average molecular weight is 360 g/mol. The summed E-state index contributed by atoms with van der Waals surface area (Å²) in [5.74, 6) is 1.07. The molecule has 0 radical (unpaired) electrons.